The van der Waals surface area contributed by atoms with Crippen molar-refractivity contribution in [2.24, 2.45) is 11.7 Å². The Labute approximate surface area is 133 Å². The summed E-state index contributed by atoms with van der Waals surface area (Å²) in [5.41, 5.74) is 6.42. The number of hydrogen-bond acceptors (Lipinski definition) is 4. The van der Waals surface area contributed by atoms with Gasteiger partial charge in [0.05, 0.1) is 29.1 Å². The average Bonchev–Trinajstić information content (AvgIpc) is 2.94. The number of primary amides is 1. The molecule has 2 aromatic rings. The number of rotatable bonds is 3. The molecule has 2 amide bonds. The van der Waals surface area contributed by atoms with Gasteiger partial charge in [0.15, 0.2) is 0 Å². The largest absolute Gasteiger partial charge is 0.390 e. The van der Waals surface area contributed by atoms with Crippen LogP contribution < -0.4 is 5.73 Å². The maximum Gasteiger partial charge on any atom is 0.256 e. The van der Waals surface area contributed by atoms with Crippen LogP contribution in [-0.2, 0) is 4.79 Å². The molecule has 120 valence electrons. The van der Waals surface area contributed by atoms with E-state index < -0.39 is 24.0 Å². The van der Waals surface area contributed by atoms with Crippen LogP contribution >= 0.6 is 0 Å². The highest BCUT2D eigenvalue weighted by molar-refractivity contribution is 6.05. The van der Waals surface area contributed by atoms with Crippen molar-refractivity contribution in [2.75, 3.05) is 7.05 Å². The molecular weight excluding hydrogens is 294 g/mol. The molecule has 23 heavy (non-hydrogen) atoms. The molecule has 6 heteroatoms. The lowest BCUT2D eigenvalue weighted by Gasteiger charge is -2.28. The van der Waals surface area contributed by atoms with Crippen molar-refractivity contribution in [1.82, 2.24) is 9.88 Å². The third-order valence-electron chi connectivity index (χ3n) is 4.63. The van der Waals surface area contributed by atoms with Crippen molar-refractivity contribution in [1.29, 1.82) is 0 Å². The van der Waals surface area contributed by atoms with Gasteiger partial charge in [0.25, 0.3) is 5.91 Å². The van der Waals surface area contributed by atoms with E-state index >= 15 is 0 Å². The van der Waals surface area contributed by atoms with Crippen molar-refractivity contribution >= 4 is 22.7 Å². The van der Waals surface area contributed by atoms with Crippen LogP contribution in [0, 0.1) is 5.92 Å². The molecule has 3 rings (SSSR count). The number of fused-ring (bicyclic) bond motifs is 1. The number of aliphatic hydroxyl groups is 1. The number of nitrogens with zero attached hydrogens (tertiary/aromatic N) is 2. The Balaban J connectivity index is 1.89. The molecule has 0 bridgehead atoms. The Hall–Kier alpha value is -2.47. The number of carbonyl (C=O) groups is 2. The van der Waals surface area contributed by atoms with Gasteiger partial charge in [0, 0.05) is 18.6 Å². The number of para-hydroxylation sites is 1. The van der Waals surface area contributed by atoms with E-state index in [0.29, 0.717) is 23.9 Å². The topological polar surface area (TPSA) is 96.5 Å². The monoisotopic (exact) mass is 313 g/mol. The molecular formula is C17H19N3O3. The van der Waals surface area contributed by atoms with E-state index in [0.717, 1.165) is 5.39 Å². The minimum absolute atomic E-state index is 0.219. The van der Waals surface area contributed by atoms with Crippen LogP contribution in [0.4, 0.5) is 0 Å². The molecule has 1 saturated carbocycles. The molecule has 1 aromatic heterocycles. The lowest BCUT2D eigenvalue weighted by atomic mass is 10.0. The quantitative estimate of drug-likeness (QED) is 0.881. The first-order valence-corrected chi connectivity index (χ1v) is 7.59. The first-order chi connectivity index (χ1) is 11.0. The molecule has 1 heterocycles. The predicted octanol–water partition coefficient (Wildman–Crippen LogP) is 0.932. The van der Waals surface area contributed by atoms with Gasteiger partial charge in [-0.3, -0.25) is 14.6 Å². The SMILES string of the molecule is CN(C(=O)c1cccc2cccnc12)[C@@H]1CC[C@@H](C(N)=O)[C@@H]1O. The number of benzene rings is 1. The van der Waals surface area contributed by atoms with Gasteiger partial charge in [-0.25, -0.2) is 0 Å². The summed E-state index contributed by atoms with van der Waals surface area (Å²) < 4.78 is 0. The fourth-order valence-corrected chi connectivity index (χ4v) is 3.31. The van der Waals surface area contributed by atoms with Gasteiger partial charge in [-0.1, -0.05) is 18.2 Å². The zero-order chi connectivity index (χ0) is 16.6. The summed E-state index contributed by atoms with van der Waals surface area (Å²) in [4.78, 5) is 30.0. The number of nitrogens with two attached hydrogens (primary N) is 1. The summed E-state index contributed by atoms with van der Waals surface area (Å²) in [5, 5.41) is 11.2. The molecule has 0 unspecified atom stereocenters. The third-order valence-corrected chi connectivity index (χ3v) is 4.63. The van der Waals surface area contributed by atoms with Crippen molar-refractivity contribution < 1.29 is 14.7 Å². The van der Waals surface area contributed by atoms with E-state index in [1.54, 1.807) is 19.3 Å². The van der Waals surface area contributed by atoms with Crippen LogP contribution in [0.2, 0.25) is 0 Å². The van der Waals surface area contributed by atoms with Gasteiger partial charge in [-0.05, 0) is 25.0 Å². The Morgan fingerprint density at radius 2 is 2.00 bits per heavy atom. The van der Waals surface area contributed by atoms with Gasteiger partial charge in [-0.15, -0.1) is 0 Å². The van der Waals surface area contributed by atoms with Crippen molar-refractivity contribution in [3.05, 3.63) is 42.1 Å². The standard InChI is InChI=1S/C17H19N3O3/c1-20(13-8-7-12(15(13)21)16(18)22)17(23)11-6-2-4-10-5-3-9-19-14(10)11/h2-6,9,12-13,15,21H,7-8H2,1H3,(H2,18,22)/t12-,13-,15+/m1/s1. The number of pyridine rings is 1. The number of carbonyl (C=O) groups excluding carboxylic acids is 2. The minimum atomic E-state index is -0.926. The Bertz CT molecular complexity index is 756. The van der Waals surface area contributed by atoms with E-state index in [-0.39, 0.29) is 5.91 Å². The fourth-order valence-electron chi connectivity index (χ4n) is 3.31. The second-order valence-electron chi connectivity index (χ2n) is 5.94. The minimum Gasteiger partial charge on any atom is -0.390 e. The summed E-state index contributed by atoms with van der Waals surface area (Å²) in [5.74, 6) is -1.34. The van der Waals surface area contributed by atoms with Crippen LogP contribution in [0.25, 0.3) is 10.9 Å². The lowest BCUT2D eigenvalue weighted by molar-refractivity contribution is -0.124. The van der Waals surface area contributed by atoms with Gasteiger partial charge < -0.3 is 15.7 Å². The number of amides is 2. The zero-order valence-electron chi connectivity index (χ0n) is 12.8. The highest BCUT2D eigenvalue weighted by Crippen LogP contribution is 2.30. The third kappa shape index (κ3) is 2.66. The molecule has 1 aliphatic carbocycles. The first kappa shape index (κ1) is 15.4. The van der Waals surface area contributed by atoms with Gasteiger partial charge >= 0.3 is 0 Å². The van der Waals surface area contributed by atoms with E-state index in [1.165, 1.54) is 4.90 Å². The average molecular weight is 313 g/mol. The molecule has 0 saturated heterocycles. The van der Waals surface area contributed by atoms with E-state index in [9.17, 15) is 14.7 Å². The van der Waals surface area contributed by atoms with Crippen molar-refractivity contribution in [3.63, 3.8) is 0 Å². The van der Waals surface area contributed by atoms with Crippen LogP contribution in [0.15, 0.2) is 36.5 Å². The molecule has 3 atom stereocenters. The van der Waals surface area contributed by atoms with E-state index in [4.69, 9.17) is 5.73 Å². The normalized spacial score (nSPS) is 23.8. The Morgan fingerprint density at radius 1 is 1.26 bits per heavy atom. The van der Waals surface area contributed by atoms with Crippen LogP contribution in [0.5, 0.6) is 0 Å². The van der Waals surface area contributed by atoms with Crippen LogP contribution in [0.1, 0.15) is 23.2 Å². The fraction of sp³-hybridized carbons (Fsp3) is 0.353. The number of aliphatic hydroxyl groups excluding tert-OH is 1. The molecule has 0 spiro atoms. The van der Waals surface area contributed by atoms with Crippen LogP contribution in [-0.4, -0.2) is 46.0 Å². The smallest absolute Gasteiger partial charge is 0.256 e. The van der Waals surface area contributed by atoms with Gasteiger partial charge in [0.1, 0.15) is 0 Å². The van der Waals surface area contributed by atoms with Gasteiger partial charge in [-0.2, -0.15) is 0 Å². The second-order valence-corrected chi connectivity index (χ2v) is 5.94. The van der Waals surface area contributed by atoms with Crippen LogP contribution in [0.3, 0.4) is 0 Å². The Kier molecular flexibility index (Phi) is 4.00. The maximum atomic E-state index is 12.8. The Morgan fingerprint density at radius 3 is 2.70 bits per heavy atom. The van der Waals surface area contributed by atoms with Crippen molar-refractivity contribution in [2.45, 2.75) is 25.0 Å². The summed E-state index contributed by atoms with van der Waals surface area (Å²) in [6, 6.07) is 8.72. The molecule has 3 N–H and O–H groups in total. The molecule has 0 aliphatic heterocycles. The van der Waals surface area contributed by atoms with E-state index in [2.05, 4.69) is 4.98 Å². The highest BCUT2D eigenvalue weighted by Gasteiger charge is 2.41. The maximum absolute atomic E-state index is 12.8. The molecule has 6 nitrogen and oxygen atoms in total. The lowest BCUT2D eigenvalue weighted by Crippen LogP contribution is -2.45. The number of aromatic nitrogens is 1. The summed E-state index contributed by atoms with van der Waals surface area (Å²) in [7, 11) is 1.64. The summed E-state index contributed by atoms with van der Waals surface area (Å²) in [6.07, 6.45) is 1.76. The molecule has 1 aliphatic rings. The second kappa shape index (κ2) is 5.96. The van der Waals surface area contributed by atoms with Gasteiger partial charge in [0.2, 0.25) is 5.91 Å². The number of likely N-dealkylation sites (N-methyl/N-ethyl adjacent to an activating group) is 1. The summed E-state index contributed by atoms with van der Waals surface area (Å²) >= 11 is 0. The molecule has 0 radical (unpaired) electrons. The predicted molar refractivity (Wildman–Crippen MR) is 85.5 cm³/mol. The number of hydrogen-bond donors (Lipinski definition) is 2. The summed E-state index contributed by atoms with van der Waals surface area (Å²) in [6.45, 7) is 0. The van der Waals surface area contributed by atoms with E-state index in [1.807, 2.05) is 24.3 Å². The van der Waals surface area contributed by atoms with Crippen molar-refractivity contribution in [3.8, 4) is 0 Å². The molecule has 1 aromatic carbocycles. The first-order valence-electron chi connectivity index (χ1n) is 7.59. The highest BCUT2D eigenvalue weighted by atomic mass is 16.3. The molecule has 1 fully saturated rings. The zero-order valence-corrected chi connectivity index (χ0v) is 12.8.